The van der Waals surface area contributed by atoms with Gasteiger partial charge in [0.1, 0.15) is 7.11 Å². The van der Waals surface area contributed by atoms with E-state index in [0.29, 0.717) is 17.2 Å². The fourth-order valence-corrected chi connectivity index (χ4v) is 1.02. The van der Waals surface area contributed by atoms with Gasteiger partial charge in [-0.25, -0.2) is 0 Å². The SMILES string of the molecule is [CH2]Oc1cccc2c1OCO2. The van der Waals surface area contributed by atoms with E-state index in [1.165, 1.54) is 0 Å². The smallest absolute Gasteiger partial charge is 0.231 e. The van der Waals surface area contributed by atoms with Gasteiger partial charge in [-0.05, 0) is 12.1 Å². The van der Waals surface area contributed by atoms with Crippen LogP contribution in [0.3, 0.4) is 0 Å². The maximum atomic E-state index is 5.13. The third-order valence-electron chi connectivity index (χ3n) is 1.52. The Morgan fingerprint density at radius 2 is 2.27 bits per heavy atom. The van der Waals surface area contributed by atoms with Crippen LogP contribution in [-0.4, -0.2) is 6.79 Å². The molecule has 0 aromatic heterocycles. The van der Waals surface area contributed by atoms with Gasteiger partial charge in [0.15, 0.2) is 11.5 Å². The third-order valence-corrected chi connectivity index (χ3v) is 1.52. The van der Waals surface area contributed by atoms with E-state index >= 15 is 0 Å². The van der Waals surface area contributed by atoms with Crippen LogP contribution in [0.15, 0.2) is 18.2 Å². The molecular weight excluding hydrogens is 144 g/mol. The van der Waals surface area contributed by atoms with Gasteiger partial charge in [-0.2, -0.15) is 0 Å². The minimum atomic E-state index is 0.260. The van der Waals surface area contributed by atoms with Gasteiger partial charge in [0.05, 0.1) is 0 Å². The van der Waals surface area contributed by atoms with Crippen LogP contribution in [-0.2, 0) is 0 Å². The molecule has 0 saturated carbocycles. The van der Waals surface area contributed by atoms with Gasteiger partial charge in [0, 0.05) is 0 Å². The van der Waals surface area contributed by atoms with Crippen molar-refractivity contribution in [1.29, 1.82) is 0 Å². The van der Waals surface area contributed by atoms with Crippen molar-refractivity contribution in [3.63, 3.8) is 0 Å². The Balaban J connectivity index is 2.50. The monoisotopic (exact) mass is 151 g/mol. The van der Waals surface area contributed by atoms with Crippen molar-refractivity contribution < 1.29 is 14.2 Å². The molecule has 0 bridgehead atoms. The average Bonchev–Trinajstić information content (AvgIpc) is 2.50. The standard InChI is InChI=1S/C8H7O3/c1-9-6-3-2-4-7-8(6)11-5-10-7/h2-4H,1,5H2. The number of fused-ring (bicyclic) bond motifs is 1. The topological polar surface area (TPSA) is 27.7 Å². The molecule has 0 spiro atoms. The number of hydrogen-bond acceptors (Lipinski definition) is 3. The fourth-order valence-electron chi connectivity index (χ4n) is 1.02. The zero-order valence-electron chi connectivity index (χ0n) is 5.87. The summed E-state index contributed by atoms with van der Waals surface area (Å²) in [5.41, 5.74) is 0. The van der Waals surface area contributed by atoms with Crippen LogP contribution in [0.1, 0.15) is 0 Å². The predicted molar refractivity (Wildman–Crippen MR) is 38.6 cm³/mol. The molecule has 0 fully saturated rings. The van der Waals surface area contributed by atoms with E-state index in [1.54, 1.807) is 6.07 Å². The van der Waals surface area contributed by atoms with Crippen LogP contribution in [0, 0.1) is 7.11 Å². The minimum absolute atomic E-state index is 0.260. The Morgan fingerprint density at radius 1 is 1.36 bits per heavy atom. The Hall–Kier alpha value is -1.38. The summed E-state index contributed by atoms with van der Waals surface area (Å²) in [6.07, 6.45) is 0. The zero-order valence-corrected chi connectivity index (χ0v) is 5.87. The second kappa shape index (κ2) is 2.34. The van der Waals surface area contributed by atoms with Crippen LogP contribution in [0.5, 0.6) is 17.2 Å². The van der Waals surface area contributed by atoms with Crippen molar-refractivity contribution in [2.75, 3.05) is 6.79 Å². The molecule has 3 heteroatoms. The Labute approximate surface area is 64.5 Å². The van der Waals surface area contributed by atoms with Crippen LogP contribution in [0.4, 0.5) is 0 Å². The van der Waals surface area contributed by atoms with Crippen molar-refractivity contribution in [2.45, 2.75) is 0 Å². The summed E-state index contributed by atoms with van der Waals surface area (Å²) in [4.78, 5) is 0. The van der Waals surface area contributed by atoms with Crippen LogP contribution in [0.2, 0.25) is 0 Å². The number of para-hydroxylation sites is 1. The van der Waals surface area contributed by atoms with E-state index in [-0.39, 0.29) is 6.79 Å². The summed E-state index contributed by atoms with van der Waals surface area (Å²) in [5.74, 6) is 1.97. The molecule has 0 amide bonds. The Kier molecular flexibility index (Phi) is 1.35. The van der Waals surface area contributed by atoms with Gasteiger partial charge in [-0.3, -0.25) is 0 Å². The molecule has 1 aliphatic rings. The molecule has 1 heterocycles. The second-order valence-corrected chi connectivity index (χ2v) is 2.13. The molecule has 0 N–H and O–H groups in total. The molecule has 57 valence electrons. The maximum Gasteiger partial charge on any atom is 0.231 e. The lowest BCUT2D eigenvalue weighted by molar-refractivity contribution is 0.171. The molecule has 11 heavy (non-hydrogen) atoms. The van der Waals surface area contributed by atoms with Gasteiger partial charge in [-0.15, -0.1) is 0 Å². The highest BCUT2D eigenvalue weighted by molar-refractivity contribution is 5.52. The lowest BCUT2D eigenvalue weighted by atomic mass is 10.3. The molecule has 0 unspecified atom stereocenters. The molecule has 3 nitrogen and oxygen atoms in total. The maximum absolute atomic E-state index is 5.13. The van der Waals surface area contributed by atoms with E-state index in [2.05, 4.69) is 7.11 Å². The number of hydrogen-bond donors (Lipinski definition) is 0. The first kappa shape index (κ1) is 6.34. The Morgan fingerprint density at radius 3 is 3.09 bits per heavy atom. The van der Waals surface area contributed by atoms with E-state index in [1.807, 2.05) is 12.1 Å². The summed E-state index contributed by atoms with van der Waals surface area (Å²) in [6, 6.07) is 5.43. The van der Waals surface area contributed by atoms with E-state index in [9.17, 15) is 0 Å². The lowest BCUT2D eigenvalue weighted by Gasteiger charge is -2.01. The first-order valence-corrected chi connectivity index (χ1v) is 3.22. The molecule has 0 atom stereocenters. The Bertz CT molecular complexity index is 270. The average molecular weight is 151 g/mol. The minimum Gasteiger partial charge on any atom is -0.486 e. The highest BCUT2D eigenvalue weighted by atomic mass is 16.7. The first-order valence-electron chi connectivity index (χ1n) is 3.22. The van der Waals surface area contributed by atoms with E-state index < -0.39 is 0 Å². The van der Waals surface area contributed by atoms with Gasteiger partial charge in [-0.1, -0.05) is 6.07 Å². The summed E-state index contributed by atoms with van der Waals surface area (Å²) < 4.78 is 15.0. The number of ether oxygens (including phenoxy) is 3. The third kappa shape index (κ3) is 0.888. The lowest BCUT2D eigenvalue weighted by Crippen LogP contribution is -1.93. The van der Waals surface area contributed by atoms with E-state index in [0.717, 1.165) is 0 Å². The summed E-state index contributed by atoms with van der Waals surface area (Å²) in [5, 5.41) is 0. The van der Waals surface area contributed by atoms with Crippen molar-refractivity contribution in [3.05, 3.63) is 25.3 Å². The molecule has 0 saturated heterocycles. The first-order chi connectivity index (χ1) is 5.42. The molecule has 2 rings (SSSR count). The summed E-state index contributed by atoms with van der Waals surface area (Å²) in [7, 11) is 3.30. The summed E-state index contributed by atoms with van der Waals surface area (Å²) in [6.45, 7) is 0.260. The van der Waals surface area contributed by atoms with Gasteiger partial charge in [0.2, 0.25) is 12.5 Å². The van der Waals surface area contributed by atoms with Gasteiger partial charge >= 0.3 is 0 Å². The normalized spacial score (nSPS) is 13.2. The van der Waals surface area contributed by atoms with Crippen LogP contribution >= 0.6 is 0 Å². The van der Waals surface area contributed by atoms with Crippen molar-refractivity contribution in [2.24, 2.45) is 0 Å². The molecule has 0 aliphatic carbocycles. The zero-order chi connectivity index (χ0) is 7.68. The van der Waals surface area contributed by atoms with Crippen LogP contribution < -0.4 is 14.2 Å². The second-order valence-electron chi connectivity index (χ2n) is 2.13. The number of benzene rings is 1. The predicted octanol–water partition coefficient (Wildman–Crippen LogP) is 1.59. The summed E-state index contributed by atoms with van der Waals surface area (Å²) >= 11 is 0. The van der Waals surface area contributed by atoms with Crippen LogP contribution in [0.25, 0.3) is 0 Å². The van der Waals surface area contributed by atoms with Gasteiger partial charge in [0.25, 0.3) is 0 Å². The van der Waals surface area contributed by atoms with E-state index in [4.69, 9.17) is 14.2 Å². The fraction of sp³-hybridized carbons (Fsp3) is 0.125. The molecule has 1 radical (unpaired) electrons. The highest BCUT2D eigenvalue weighted by Gasteiger charge is 2.17. The van der Waals surface area contributed by atoms with Crippen molar-refractivity contribution in [1.82, 2.24) is 0 Å². The molecule has 1 aliphatic heterocycles. The van der Waals surface area contributed by atoms with Crippen molar-refractivity contribution in [3.8, 4) is 17.2 Å². The molecular formula is C8H7O3. The highest BCUT2D eigenvalue weighted by Crippen LogP contribution is 2.40. The quantitative estimate of drug-likeness (QED) is 0.610. The molecule has 1 aromatic rings. The number of rotatable bonds is 1. The largest absolute Gasteiger partial charge is 0.486 e. The van der Waals surface area contributed by atoms with Crippen molar-refractivity contribution >= 4 is 0 Å². The molecule has 1 aromatic carbocycles. The van der Waals surface area contributed by atoms with Gasteiger partial charge < -0.3 is 14.2 Å².